The van der Waals surface area contributed by atoms with Crippen LogP contribution in [0.2, 0.25) is 0 Å². The van der Waals surface area contributed by atoms with Gasteiger partial charge in [0.05, 0.1) is 27.7 Å². The number of phosphoric acid groups is 1. The minimum atomic E-state index is -4.00. The molecule has 0 amide bonds. The van der Waals surface area contributed by atoms with E-state index < -0.39 is 7.82 Å². The second-order valence-corrected chi connectivity index (χ2v) is 6.05. The summed E-state index contributed by atoms with van der Waals surface area (Å²) in [5.74, 6) is -0.0913. The van der Waals surface area contributed by atoms with E-state index in [0.717, 1.165) is 0 Å². The first-order valence-corrected chi connectivity index (χ1v) is 6.54. The maximum atomic E-state index is 11.3. The van der Waals surface area contributed by atoms with E-state index in [2.05, 4.69) is 4.52 Å². The van der Waals surface area contributed by atoms with Gasteiger partial charge in [0, 0.05) is 6.42 Å². The second-order valence-electron chi connectivity index (χ2n) is 4.60. The zero-order valence-electron chi connectivity index (χ0n) is 10.3. The van der Waals surface area contributed by atoms with Crippen LogP contribution in [0.25, 0.3) is 0 Å². The molecule has 0 aliphatic carbocycles. The van der Waals surface area contributed by atoms with Crippen LogP contribution in [-0.4, -0.2) is 56.1 Å². The monoisotopic (exact) mass is 254 g/mol. The Bertz CT molecular complexity index is 274. The number of quaternary nitrogens is 1. The van der Waals surface area contributed by atoms with Gasteiger partial charge in [0.2, 0.25) is 0 Å². The molecule has 0 heterocycles. The van der Waals surface area contributed by atoms with Crippen LogP contribution >= 0.6 is 7.82 Å². The first-order valence-electron chi connectivity index (χ1n) is 5.04. The Morgan fingerprint density at radius 2 is 1.75 bits per heavy atom. The van der Waals surface area contributed by atoms with E-state index in [1.807, 2.05) is 21.1 Å². The van der Waals surface area contributed by atoms with Crippen LogP contribution in [0.4, 0.5) is 0 Å². The fourth-order valence-corrected chi connectivity index (χ4v) is 1.48. The van der Waals surface area contributed by atoms with Crippen LogP contribution in [0.1, 0.15) is 13.3 Å². The molecule has 0 saturated heterocycles. The van der Waals surface area contributed by atoms with E-state index in [1.54, 1.807) is 0 Å². The van der Waals surface area contributed by atoms with Crippen LogP contribution in [0.3, 0.4) is 0 Å². The van der Waals surface area contributed by atoms with E-state index in [1.165, 1.54) is 6.92 Å². The first kappa shape index (κ1) is 15.7. The Kier molecular flexibility index (Phi) is 6.36. The lowest BCUT2D eigenvalue weighted by Crippen LogP contribution is -2.37. The van der Waals surface area contributed by atoms with Gasteiger partial charge >= 0.3 is 7.82 Å². The Labute approximate surface area is 96.4 Å². The summed E-state index contributed by atoms with van der Waals surface area (Å²) in [5.41, 5.74) is 0. The summed E-state index contributed by atoms with van der Waals surface area (Å²) in [7, 11) is 1.84. The van der Waals surface area contributed by atoms with Gasteiger partial charge in [0.1, 0.15) is 18.9 Å². The molecule has 0 bridgehead atoms. The predicted octanol–water partition coefficient (Wildman–Crippen LogP) is 0.805. The highest BCUT2D eigenvalue weighted by Crippen LogP contribution is 2.43. The lowest BCUT2D eigenvalue weighted by Gasteiger charge is -2.23. The van der Waals surface area contributed by atoms with Crippen molar-refractivity contribution in [3.05, 3.63) is 0 Å². The van der Waals surface area contributed by atoms with Gasteiger partial charge < -0.3 is 9.38 Å². The normalized spacial score (nSPS) is 15.8. The molecule has 6 nitrogen and oxygen atoms in total. The Balaban J connectivity index is 3.79. The van der Waals surface area contributed by atoms with Gasteiger partial charge in [-0.25, -0.2) is 4.57 Å². The largest absolute Gasteiger partial charge is 0.472 e. The smallest absolute Gasteiger partial charge is 0.329 e. The van der Waals surface area contributed by atoms with Crippen molar-refractivity contribution in [3.8, 4) is 0 Å². The molecule has 0 aromatic carbocycles. The molecule has 0 rings (SSSR count). The van der Waals surface area contributed by atoms with Crippen LogP contribution in [0, 0.1) is 0 Å². The molecule has 0 aliphatic rings. The number of likely N-dealkylation sites (N-methyl/N-ethyl adjacent to an activating group) is 1. The number of Topliss-reactive ketones (excluding diaryl/α,β-unsaturated/α-hetero) is 1. The summed E-state index contributed by atoms with van der Waals surface area (Å²) in [4.78, 5) is 19.8. The summed E-state index contributed by atoms with van der Waals surface area (Å²) >= 11 is 0. The minimum absolute atomic E-state index is 0.0898. The predicted molar refractivity (Wildman–Crippen MR) is 59.9 cm³/mol. The van der Waals surface area contributed by atoms with Crippen molar-refractivity contribution in [3.63, 3.8) is 0 Å². The van der Waals surface area contributed by atoms with Gasteiger partial charge in [0.15, 0.2) is 0 Å². The first-order chi connectivity index (χ1) is 7.12. The fourth-order valence-electron chi connectivity index (χ4n) is 0.772. The van der Waals surface area contributed by atoms with Crippen molar-refractivity contribution in [1.29, 1.82) is 0 Å². The quantitative estimate of drug-likeness (QED) is 0.512. The Hall–Kier alpha value is -0.260. The summed E-state index contributed by atoms with van der Waals surface area (Å²) in [6.07, 6.45) is 0.114. The molecule has 0 spiro atoms. The van der Waals surface area contributed by atoms with E-state index in [0.29, 0.717) is 11.0 Å². The lowest BCUT2D eigenvalue weighted by molar-refractivity contribution is -0.870. The number of carbonyl (C=O) groups excluding carboxylic acids is 1. The molecule has 0 saturated carbocycles. The number of carbonyl (C=O) groups is 1. The zero-order chi connectivity index (χ0) is 12.8. The van der Waals surface area contributed by atoms with Crippen molar-refractivity contribution in [2.45, 2.75) is 13.3 Å². The molecule has 0 aliphatic heterocycles. The minimum Gasteiger partial charge on any atom is -0.329 e. The van der Waals surface area contributed by atoms with E-state index in [4.69, 9.17) is 4.52 Å². The molecule has 1 atom stereocenters. The van der Waals surface area contributed by atoms with Crippen LogP contribution in [-0.2, 0) is 18.4 Å². The number of phosphoric ester groups is 1. The number of rotatable bonds is 8. The molecule has 0 aromatic heterocycles. The SMILES string of the molecule is CC(=O)CCOP(=O)(O)OCC[N+](C)(C)C. The molecule has 7 heteroatoms. The van der Waals surface area contributed by atoms with E-state index in [9.17, 15) is 14.3 Å². The number of hydrogen-bond acceptors (Lipinski definition) is 4. The molecule has 1 N–H and O–H groups in total. The summed E-state index contributed by atoms with van der Waals surface area (Å²) < 4.78 is 21.3. The fraction of sp³-hybridized carbons (Fsp3) is 0.889. The maximum absolute atomic E-state index is 11.3. The zero-order valence-corrected chi connectivity index (χ0v) is 11.2. The summed E-state index contributed by atoms with van der Waals surface area (Å²) in [6, 6.07) is 0. The second kappa shape index (κ2) is 6.47. The standard InChI is InChI=1S/C9H20NO5P/c1-9(11)5-7-14-16(12,13)15-8-6-10(2,3)4/h5-8H2,1-4H3/p+1. The molecular weight excluding hydrogens is 233 g/mol. The van der Waals surface area contributed by atoms with Crippen LogP contribution in [0.15, 0.2) is 0 Å². The molecule has 0 radical (unpaired) electrons. The van der Waals surface area contributed by atoms with Crippen LogP contribution < -0.4 is 0 Å². The third kappa shape index (κ3) is 10.3. The molecular formula is C9H21NO5P+. The molecule has 16 heavy (non-hydrogen) atoms. The van der Waals surface area contributed by atoms with Crippen molar-refractivity contribution >= 4 is 13.6 Å². The number of ketones is 1. The number of nitrogens with zero attached hydrogens (tertiary/aromatic N) is 1. The van der Waals surface area contributed by atoms with Gasteiger partial charge in [-0.3, -0.25) is 13.8 Å². The lowest BCUT2D eigenvalue weighted by atomic mass is 10.3. The highest BCUT2D eigenvalue weighted by atomic mass is 31.2. The van der Waals surface area contributed by atoms with Crippen molar-refractivity contribution in [2.75, 3.05) is 40.9 Å². The van der Waals surface area contributed by atoms with Gasteiger partial charge in [0.25, 0.3) is 0 Å². The molecule has 0 aromatic rings. The maximum Gasteiger partial charge on any atom is 0.472 e. The number of hydrogen-bond donors (Lipinski definition) is 1. The average Bonchev–Trinajstić information content (AvgIpc) is 1.99. The molecule has 0 fully saturated rings. The van der Waals surface area contributed by atoms with E-state index in [-0.39, 0.29) is 25.4 Å². The third-order valence-corrected chi connectivity index (χ3v) is 2.74. The Morgan fingerprint density at radius 3 is 2.19 bits per heavy atom. The summed E-state index contributed by atoms with van der Waals surface area (Å²) in [5, 5.41) is 0. The Morgan fingerprint density at radius 1 is 1.25 bits per heavy atom. The van der Waals surface area contributed by atoms with Crippen molar-refractivity contribution < 1.29 is 27.8 Å². The van der Waals surface area contributed by atoms with E-state index >= 15 is 0 Å². The van der Waals surface area contributed by atoms with Crippen molar-refractivity contribution in [1.82, 2.24) is 0 Å². The van der Waals surface area contributed by atoms with Crippen molar-refractivity contribution in [2.24, 2.45) is 0 Å². The topological polar surface area (TPSA) is 72.8 Å². The summed E-state index contributed by atoms with van der Waals surface area (Å²) in [6.45, 7) is 2.04. The third-order valence-electron chi connectivity index (χ3n) is 1.73. The molecule has 96 valence electrons. The van der Waals surface area contributed by atoms with Gasteiger partial charge in [-0.15, -0.1) is 0 Å². The highest BCUT2D eigenvalue weighted by molar-refractivity contribution is 7.47. The van der Waals surface area contributed by atoms with Crippen LogP contribution in [0.5, 0.6) is 0 Å². The highest BCUT2D eigenvalue weighted by Gasteiger charge is 2.22. The van der Waals surface area contributed by atoms with Gasteiger partial charge in [-0.1, -0.05) is 0 Å². The average molecular weight is 254 g/mol. The molecule has 1 unspecified atom stereocenters. The van der Waals surface area contributed by atoms with Gasteiger partial charge in [-0.2, -0.15) is 0 Å². The van der Waals surface area contributed by atoms with Gasteiger partial charge in [-0.05, 0) is 6.92 Å².